The number of aromatic amines is 1. The Labute approximate surface area is 208 Å². The number of phenolic OH excluding ortho intramolecular Hbond substituents is 1. The summed E-state index contributed by atoms with van der Waals surface area (Å²) in [6, 6.07) is 7.09. The van der Waals surface area contributed by atoms with Crippen LogP contribution in [0.2, 0.25) is 18.1 Å². The lowest BCUT2D eigenvalue weighted by atomic mass is 9.90. The molecule has 0 atom stereocenters. The van der Waals surface area contributed by atoms with Crippen LogP contribution in [-0.2, 0) is 30.5 Å². The van der Waals surface area contributed by atoms with Gasteiger partial charge in [0.1, 0.15) is 5.75 Å². The van der Waals surface area contributed by atoms with Gasteiger partial charge in [-0.2, -0.15) is 13.2 Å². The minimum atomic E-state index is -4.72. The molecule has 1 heterocycles. The summed E-state index contributed by atoms with van der Waals surface area (Å²) in [5.41, 5.74) is -1.96. The zero-order chi connectivity index (χ0) is 27.1. The minimum absolute atomic E-state index is 0.0169. The van der Waals surface area contributed by atoms with Gasteiger partial charge >= 0.3 is 11.9 Å². The number of aromatic nitrogens is 2. The summed E-state index contributed by atoms with van der Waals surface area (Å²) in [6.07, 6.45) is -4.49. The van der Waals surface area contributed by atoms with Crippen LogP contribution in [0.5, 0.6) is 5.75 Å². The summed E-state index contributed by atoms with van der Waals surface area (Å²) in [4.78, 5) is 27.2. The van der Waals surface area contributed by atoms with Crippen molar-refractivity contribution in [2.24, 2.45) is 7.05 Å². The topological polar surface area (TPSA) is 84.3 Å². The molecule has 0 radical (unpaired) electrons. The standard InChI is InChI=1S/C26H33F3N2O4Si/c1-25(2,3)36(5,6)35-13-7-8-17-15-20-21(23(33)30-24(34)31(20)4)19(22(17)26(27,28)29)14-16-9-11-18(32)12-10-16/h9-12,15,32H,7-8,13-14H2,1-6H3,(H,30,33,34). The lowest BCUT2D eigenvalue weighted by Crippen LogP contribution is -2.41. The molecule has 0 aliphatic rings. The van der Waals surface area contributed by atoms with E-state index in [1.807, 2.05) is 0 Å². The maximum absolute atomic E-state index is 14.5. The average Bonchev–Trinajstić information content (AvgIpc) is 2.74. The Morgan fingerprint density at radius 1 is 1.08 bits per heavy atom. The van der Waals surface area contributed by atoms with E-state index >= 15 is 0 Å². The third-order valence-corrected chi connectivity index (χ3v) is 11.6. The van der Waals surface area contributed by atoms with E-state index < -0.39 is 31.3 Å². The predicted octanol–water partition coefficient (Wildman–Crippen LogP) is 5.50. The number of aryl methyl sites for hydroxylation is 2. The Morgan fingerprint density at radius 3 is 2.25 bits per heavy atom. The number of rotatable bonds is 7. The van der Waals surface area contributed by atoms with Crippen molar-refractivity contribution in [2.45, 2.75) is 64.3 Å². The first kappa shape index (κ1) is 27.7. The molecule has 0 bridgehead atoms. The van der Waals surface area contributed by atoms with Gasteiger partial charge in [-0.15, -0.1) is 0 Å². The van der Waals surface area contributed by atoms with Gasteiger partial charge in [-0.25, -0.2) is 4.79 Å². The Balaban J connectivity index is 2.15. The average molecular weight is 523 g/mol. The number of hydrogen-bond acceptors (Lipinski definition) is 4. The Morgan fingerprint density at radius 2 is 1.69 bits per heavy atom. The van der Waals surface area contributed by atoms with Crippen LogP contribution < -0.4 is 11.2 Å². The number of H-pyrrole nitrogens is 1. The van der Waals surface area contributed by atoms with E-state index in [1.165, 1.54) is 37.4 Å². The number of phenols is 1. The maximum Gasteiger partial charge on any atom is 0.416 e. The van der Waals surface area contributed by atoms with Gasteiger partial charge in [-0.1, -0.05) is 32.9 Å². The monoisotopic (exact) mass is 522 g/mol. The van der Waals surface area contributed by atoms with Crippen molar-refractivity contribution in [3.8, 4) is 5.75 Å². The number of alkyl halides is 3. The van der Waals surface area contributed by atoms with Gasteiger partial charge in [0.05, 0.1) is 16.5 Å². The largest absolute Gasteiger partial charge is 0.508 e. The van der Waals surface area contributed by atoms with Gasteiger partial charge in [0.15, 0.2) is 8.32 Å². The van der Waals surface area contributed by atoms with E-state index in [2.05, 4.69) is 38.8 Å². The van der Waals surface area contributed by atoms with Crippen molar-refractivity contribution in [3.05, 3.63) is 73.4 Å². The molecule has 196 valence electrons. The van der Waals surface area contributed by atoms with Crippen LogP contribution in [0, 0.1) is 0 Å². The van der Waals surface area contributed by atoms with Gasteiger partial charge < -0.3 is 9.53 Å². The van der Waals surface area contributed by atoms with Crippen LogP contribution in [-0.4, -0.2) is 29.6 Å². The van der Waals surface area contributed by atoms with Crippen molar-refractivity contribution in [3.63, 3.8) is 0 Å². The Kier molecular flexibility index (Phi) is 7.62. The highest BCUT2D eigenvalue weighted by atomic mass is 28.4. The molecule has 2 aromatic carbocycles. The number of fused-ring (bicyclic) bond motifs is 1. The molecule has 0 saturated heterocycles. The molecule has 0 aliphatic carbocycles. The van der Waals surface area contributed by atoms with Crippen molar-refractivity contribution in [1.82, 2.24) is 9.55 Å². The number of nitrogens with zero attached hydrogens (tertiary/aromatic N) is 1. The summed E-state index contributed by atoms with van der Waals surface area (Å²) < 4.78 is 50.9. The fourth-order valence-electron chi connectivity index (χ4n) is 4.01. The van der Waals surface area contributed by atoms with Crippen LogP contribution in [0.3, 0.4) is 0 Å². The van der Waals surface area contributed by atoms with E-state index in [-0.39, 0.29) is 45.7 Å². The molecule has 1 aromatic heterocycles. The van der Waals surface area contributed by atoms with Gasteiger partial charge in [-0.05, 0) is 72.3 Å². The summed E-state index contributed by atoms with van der Waals surface area (Å²) >= 11 is 0. The van der Waals surface area contributed by atoms with E-state index in [0.717, 1.165) is 4.57 Å². The molecule has 3 aromatic rings. The highest BCUT2D eigenvalue weighted by molar-refractivity contribution is 6.74. The summed E-state index contributed by atoms with van der Waals surface area (Å²) in [6.45, 7) is 10.8. The molecule has 0 spiro atoms. The second kappa shape index (κ2) is 9.89. The molecule has 6 nitrogen and oxygen atoms in total. The molecule has 0 aliphatic heterocycles. The quantitative estimate of drug-likeness (QED) is 0.317. The highest BCUT2D eigenvalue weighted by Crippen LogP contribution is 2.40. The molecular weight excluding hydrogens is 489 g/mol. The van der Waals surface area contributed by atoms with Crippen LogP contribution in [0.15, 0.2) is 39.9 Å². The SMILES string of the molecule is Cn1c(=O)[nH]c(=O)c2c(Cc3ccc(O)cc3)c(C(F)(F)F)c(CCCO[Si](C)(C)C(C)(C)C)cc21. The van der Waals surface area contributed by atoms with E-state index in [9.17, 15) is 27.9 Å². The summed E-state index contributed by atoms with van der Waals surface area (Å²) in [5, 5.41) is 9.39. The molecule has 3 rings (SSSR count). The summed E-state index contributed by atoms with van der Waals surface area (Å²) in [5.74, 6) is -0.0182. The first-order chi connectivity index (χ1) is 16.5. The zero-order valence-corrected chi connectivity index (χ0v) is 22.5. The van der Waals surface area contributed by atoms with Crippen LogP contribution in [0.4, 0.5) is 13.2 Å². The van der Waals surface area contributed by atoms with E-state index in [0.29, 0.717) is 18.6 Å². The molecule has 10 heteroatoms. The Bertz CT molecular complexity index is 1370. The molecule has 0 fully saturated rings. The smallest absolute Gasteiger partial charge is 0.416 e. The predicted molar refractivity (Wildman–Crippen MR) is 137 cm³/mol. The summed E-state index contributed by atoms with van der Waals surface area (Å²) in [7, 11) is -0.642. The van der Waals surface area contributed by atoms with E-state index in [1.54, 1.807) is 0 Å². The zero-order valence-electron chi connectivity index (χ0n) is 21.5. The third kappa shape index (κ3) is 5.75. The maximum atomic E-state index is 14.5. The molecule has 2 N–H and O–H groups in total. The normalized spacial score (nSPS) is 12.9. The molecule has 0 saturated carbocycles. The number of benzene rings is 2. The van der Waals surface area contributed by atoms with E-state index in [4.69, 9.17) is 4.43 Å². The van der Waals surface area contributed by atoms with Crippen LogP contribution >= 0.6 is 0 Å². The second-order valence-electron chi connectivity index (χ2n) is 10.7. The lowest BCUT2D eigenvalue weighted by molar-refractivity contribution is -0.138. The van der Waals surface area contributed by atoms with Gasteiger partial charge in [0.25, 0.3) is 5.56 Å². The van der Waals surface area contributed by atoms with Crippen LogP contribution in [0.25, 0.3) is 10.9 Å². The van der Waals surface area contributed by atoms with Gasteiger partial charge in [0.2, 0.25) is 0 Å². The third-order valence-electron chi connectivity index (χ3n) is 7.07. The number of aromatic hydroxyl groups is 1. The molecule has 0 amide bonds. The van der Waals surface area contributed by atoms with Gasteiger partial charge in [-0.3, -0.25) is 14.3 Å². The minimum Gasteiger partial charge on any atom is -0.508 e. The van der Waals surface area contributed by atoms with Crippen molar-refractivity contribution >= 4 is 19.2 Å². The number of halogens is 3. The molecule has 0 unspecified atom stereocenters. The fourth-order valence-corrected chi connectivity index (χ4v) is 5.09. The second-order valence-corrected chi connectivity index (χ2v) is 15.5. The van der Waals surface area contributed by atoms with Crippen molar-refractivity contribution < 1.29 is 22.7 Å². The lowest BCUT2D eigenvalue weighted by Gasteiger charge is -2.36. The van der Waals surface area contributed by atoms with Crippen LogP contribution in [0.1, 0.15) is 49.4 Å². The fraction of sp³-hybridized carbons (Fsp3) is 0.462. The Hall–Kier alpha value is -2.85. The van der Waals surface area contributed by atoms with Crippen molar-refractivity contribution in [2.75, 3.05) is 6.61 Å². The molecule has 36 heavy (non-hydrogen) atoms. The molecular formula is C26H33F3N2O4Si. The van der Waals surface area contributed by atoms with Crippen molar-refractivity contribution in [1.29, 1.82) is 0 Å². The first-order valence-electron chi connectivity index (χ1n) is 11.8. The number of hydrogen-bond donors (Lipinski definition) is 2. The first-order valence-corrected chi connectivity index (χ1v) is 14.7. The highest BCUT2D eigenvalue weighted by Gasteiger charge is 2.39. The van der Waals surface area contributed by atoms with Gasteiger partial charge in [0, 0.05) is 13.7 Å². The number of nitrogens with one attached hydrogen (secondary N) is 1.